The number of hydrogen-bond donors (Lipinski definition) is 0. The lowest BCUT2D eigenvalue weighted by Crippen LogP contribution is -2.38. The maximum atomic E-state index is 13.1. The number of aryl methyl sites for hydroxylation is 1. The highest BCUT2D eigenvalue weighted by Crippen LogP contribution is 2.63. The largest absolute Gasteiger partial charge is 0.468 e. The average Bonchev–Trinajstić information content (AvgIpc) is 3.25. The van der Waals surface area contributed by atoms with Gasteiger partial charge < -0.3 is 9.47 Å². The van der Waals surface area contributed by atoms with Crippen molar-refractivity contribution < 1.29 is 23.3 Å². The minimum atomic E-state index is -1.59. The minimum absolute atomic E-state index is 0.101. The first-order valence-electron chi connectivity index (χ1n) is 7.19. The van der Waals surface area contributed by atoms with Gasteiger partial charge in [-0.1, -0.05) is 29.8 Å². The Morgan fingerprint density at radius 2 is 1.65 bits per heavy atom. The van der Waals surface area contributed by atoms with Crippen molar-refractivity contribution in [1.82, 2.24) is 0 Å². The molecule has 0 spiro atoms. The van der Waals surface area contributed by atoms with Gasteiger partial charge in [0.25, 0.3) is 0 Å². The highest BCUT2D eigenvalue weighted by Gasteiger charge is 2.80. The molecule has 5 nitrogen and oxygen atoms in total. The monoisotopic (exact) mass is 336 g/mol. The van der Waals surface area contributed by atoms with E-state index >= 15 is 0 Å². The van der Waals surface area contributed by atoms with Crippen LogP contribution in [0.1, 0.15) is 18.9 Å². The summed E-state index contributed by atoms with van der Waals surface area (Å²) in [6, 6.07) is 7.18. The summed E-state index contributed by atoms with van der Waals surface area (Å²) in [5.41, 5.74) is -0.521. The van der Waals surface area contributed by atoms with Crippen molar-refractivity contribution in [2.24, 2.45) is 5.41 Å². The summed E-state index contributed by atoms with van der Waals surface area (Å²) in [6.45, 7) is 3.68. The van der Waals surface area contributed by atoms with Gasteiger partial charge in [-0.25, -0.2) is 0 Å². The van der Waals surface area contributed by atoms with Crippen LogP contribution in [0.15, 0.2) is 41.3 Å². The van der Waals surface area contributed by atoms with Gasteiger partial charge in [0, 0.05) is 4.90 Å². The van der Waals surface area contributed by atoms with Crippen LogP contribution in [0.2, 0.25) is 0 Å². The molecule has 1 aromatic carbocycles. The van der Waals surface area contributed by atoms with Crippen LogP contribution in [-0.2, 0) is 29.9 Å². The Bertz CT molecular complexity index is 661. The standard InChI is InChI=1S/C17H20O5S/c1-5-10-16(23(20)13-8-6-12(2)7-9-13)11-17(16,14(18)21-3)15(19)22-4/h5-10H,11H2,1-4H3/b10-5+/t16-,23-/m0/s1. The number of hydrogen-bond acceptors (Lipinski definition) is 5. The van der Waals surface area contributed by atoms with Crippen molar-refractivity contribution in [3.8, 4) is 0 Å². The average molecular weight is 336 g/mol. The third-order valence-electron chi connectivity index (χ3n) is 4.19. The van der Waals surface area contributed by atoms with E-state index in [1.807, 2.05) is 19.1 Å². The topological polar surface area (TPSA) is 69.7 Å². The third-order valence-corrected chi connectivity index (χ3v) is 6.19. The first-order valence-corrected chi connectivity index (χ1v) is 8.34. The van der Waals surface area contributed by atoms with Crippen LogP contribution in [0, 0.1) is 12.3 Å². The van der Waals surface area contributed by atoms with E-state index in [1.165, 1.54) is 14.2 Å². The van der Waals surface area contributed by atoms with Crippen molar-refractivity contribution in [3.05, 3.63) is 42.0 Å². The second-order valence-electron chi connectivity index (χ2n) is 5.54. The lowest BCUT2D eigenvalue weighted by Gasteiger charge is -2.19. The number of rotatable bonds is 5. The molecule has 0 unspecified atom stereocenters. The predicted molar refractivity (Wildman–Crippen MR) is 86.2 cm³/mol. The molecule has 0 heterocycles. The number of benzene rings is 1. The SMILES string of the molecule is C/C=C/[C@]1([S@@](=O)c2ccc(C)cc2)CC1(C(=O)OC)C(=O)OC. The van der Waals surface area contributed by atoms with E-state index in [9.17, 15) is 13.8 Å². The number of esters is 2. The molecule has 6 heteroatoms. The molecule has 0 N–H and O–H groups in total. The van der Waals surface area contributed by atoms with Crippen LogP contribution in [0.25, 0.3) is 0 Å². The Morgan fingerprint density at radius 3 is 2.09 bits per heavy atom. The van der Waals surface area contributed by atoms with Gasteiger partial charge >= 0.3 is 11.9 Å². The zero-order chi connectivity index (χ0) is 17.3. The van der Waals surface area contributed by atoms with Crippen LogP contribution in [-0.4, -0.2) is 35.1 Å². The van der Waals surface area contributed by atoms with E-state index in [1.54, 1.807) is 31.2 Å². The molecule has 1 fully saturated rings. The van der Waals surface area contributed by atoms with Gasteiger partial charge in [0.05, 0.1) is 29.8 Å². The number of ether oxygens (including phenoxy) is 2. The van der Waals surface area contributed by atoms with Gasteiger partial charge in [-0.2, -0.15) is 0 Å². The van der Waals surface area contributed by atoms with E-state index in [0.29, 0.717) is 4.90 Å². The van der Waals surface area contributed by atoms with E-state index in [0.717, 1.165) is 5.56 Å². The Morgan fingerprint density at radius 1 is 1.13 bits per heavy atom. The normalized spacial score (nSPS) is 23.3. The molecule has 0 aliphatic heterocycles. The lowest BCUT2D eigenvalue weighted by molar-refractivity contribution is -0.161. The molecule has 0 radical (unpaired) electrons. The number of carbonyl (C=O) groups excluding carboxylic acids is 2. The Kier molecular flexibility index (Phi) is 4.75. The molecule has 1 aliphatic rings. The summed E-state index contributed by atoms with van der Waals surface area (Å²) in [5, 5.41) is 0. The first-order chi connectivity index (χ1) is 10.9. The predicted octanol–water partition coefficient (Wildman–Crippen LogP) is 2.15. The Hall–Kier alpha value is -1.95. The van der Waals surface area contributed by atoms with Gasteiger partial charge in [0.1, 0.15) is 0 Å². The third kappa shape index (κ3) is 2.51. The van der Waals surface area contributed by atoms with Gasteiger partial charge in [-0.05, 0) is 32.4 Å². The van der Waals surface area contributed by atoms with E-state index in [2.05, 4.69) is 0 Å². The van der Waals surface area contributed by atoms with Crippen molar-refractivity contribution in [2.75, 3.05) is 14.2 Å². The molecule has 124 valence electrons. The molecule has 0 bridgehead atoms. The van der Waals surface area contributed by atoms with Gasteiger partial charge in [0.15, 0.2) is 5.41 Å². The second-order valence-corrected chi connectivity index (χ2v) is 7.27. The van der Waals surface area contributed by atoms with Crippen molar-refractivity contribution >= 4 is 22.7 Å². The zero-order valence-electron chi connectivity index (χ0n) is 13.6. The maximum Gasteiger partial charge on any atom is 0.325 e. The van der Waals surface area contributed by atoms with E-state index in [-0.39, 0.29) is 6.42 Å². The molecule has 23 heavy (non-hydrogen) atoms. The number of methoxy groups -OCH3 is 2. The van der Waals surface area contributed by atoms with Crippen LogP contribution in [0.4, 0.5) is 0 Å². The molecular weight excluding hydrogens is 316 g/mol. The molecule has 0 aromatic heterocycles. The van der Waals surface area contributed by atoms with Crippen LogP contribution in [0.3, 0.4) is 0 Å². The quantitative estimate of drug-likeness (QED) is 0.468. The fraction of sp³-hybridized carbons (Fsp3) is 0.412. The molecule has 1 saturated carbocycles. The van der Waals surface area contributed by atoms with Gasteiger partial charge in [-0.3, -0.25) is 13.8 Å². The summed E-state index contributed by atoms with van der Waals surface area (Å²) in [4.78, 5) is 25.1. The smallest absolute Gasteiger partial charge is 0.325 e. The fourth-order valence-corrected chi connectivity index (χ4v) is 4.79. The summed E-state index contributed by atoms with van der Waals surface area (Å²) >= 11 is 0. The highest BCUT2D eigenvalue weighted by atomic mass is 32.2. The van der Waals surface area contributed by atoms with Gasteiger partial charge in [-0.15, -0.1) is 0 Å². The maximum absolute atomic E-state index is 13.1. The number of allylic oxidation sites excluding steroid dienone is 1. The van der Waals surface area contributed by atoms with Crippen LogP contribution < -0.4 is 0 Å². The molecular formula is C17H20O5S. The van der Waals surface area contributed by atoms with Crippen molar-refractivity contribution in [1.29, 1.82) is 0 Å². The number of carbonyl (C=O) groups is 2. The summed E-state index contributed by atoms with van der Waals surface area (Å²) in [7, 11) is 0.825. The Balaban J connectivity index is 2.53. The fourth-order valence-electron chi connectivity index (χ4n) is 2.90. The Labute approximate surface area is 138 Å². The molecule has 1 aliphatic carbocycles. The molecule has 1 aromatic rings. The summed E-state index contributed by atoms with van der Waals surface area (Å²) in [5.74, 6) is -1.44. The van der Waals surface area contributed by atoms with E-state index in [4.69, 9.17) is 9.47 Å². The summed E-state index contributed by atoms with van der Waals surface area (Å²) in [6.07, 6.45) is 3.45. The minimum Gasteiger partial charge on any atom is -0.468 e. The first kappa shape index (κ1) is 17.4. The zero-order valence-corrected chi connectivity index (χ0v) is 14.4. The second kappa shape index (κ2) is 6.28. The summed E-state index contributed by atoms with van der Waals surface area (Å²) < 4.78 is 21.6. The molecule has 2 rings (SSSR count). The van der Waals surface area contributed by atoms with E-state index < -0.39 is 32.9 Å². The molecule has 0 amide bonds. The molecule has 0 saturated heterocycles. The van der Waals surface area contributed by atoms with Crippen molar-refractivity contribution in [3.63, 3.8) is 0 Å². The van der Waals surface area contributed by atoms with Gasteiger partial charge in [0.2, 0.25) is 0 Å². The molecule has 2 atom stereocenters. The van der Waals surface area contributed by atoms with Crippen LogP contribution in [0.5, 0.6) is 0 Å². The lowest BCUT2D eigenvalue weighted by atomic mass is 10.0. The van der Waals surface area contributed by atoms with Crippen LogP contribution >= 0.6 is 0 Å². The van der Waals surface area contributed by atoms with Crippen molar-refractivity contribution in [2.45, 2.75) is 29.9 Å². The highest BCUT2D eigenvalue weighted by molar-refractivity contribution is 7.87.